The smallest absolute Gasteiger partial charge is 0.324 e. The van der Waals surface area contributed by atoms with Gasteiger partial charge in [-0.05, 0) is 0 Å². The van der Waals surface area contributed by atoms with Crippen molar-refractivity contribution in [1.82, 2.24) is 15.2 Å². The van der Waals surface area contributed by atoms with Crippen LogP contribution in [0.15, 0.2) is 10.6 Å². The first kappa shape index (κ1) is 10.7. The van der Waals surface area contributed by atoms with Crippen molar-refractivity contribution < 1.29 is 14.0 Å². The summed E-state index contributed by atoms with van der Waals surface area (Å²) in [4.78, 5) is 27.9. The van der Waals surface area contributed by atoms with Gasteiger partial charge in [-0.25, -0.2) is 9.78 Å². The average molecular weight is 223 g/mol. The molecule has 6 heteroatoms. The van der Waals surface area contributed by atoms with Gasteiger partial charge in [0.15, 0.2) is 0 Å². The lowest BCUT2D eigenvalue weighted by molar-refractivity contribution is -0.121. The van der Waals surface area contributed by atoms with E-state index in [1.807, 2.05) is 6.92 Å². The molecule has 0 saturated carbocycles. The summed E-state index contributed by atoms with van der Waals surface area (Å²) < 4.78 is 5.39. The lowest BCUT2D eigenvalue weighted by Crippen LogP contribution is -2.48. The molecule has 16 heavy (non-hydrogen) atoms. The first-order chi connectivity index (χ1) is 7.69. The lowest BCUT2D eigenvalue weighted by atomic mass is 10.3. The summed E-state index contributed by atoms with van der Waals surface area (Å²) >= 11 is 0. The highest BCUT2D eigenvalue weighted by Crippen LogP contribution is 2.09. The van der Waals surface area contributed by atoms with Gasteiger partial charge in [-0.2, -0.15) is 0 Å². The van der Waals surface area contributed by atoms with E-state index in [0.29, 0.717) is 25.4 Å². The average Bonchev–Trinajstić information content (AvgIpc) is 2.70. The number of nitrogens with one attached hydrogen (secondary N) is 1. The number of aryl methyl sites for hydroxylation is 1. The summed E-state index contributed by atoms with van der Waals surface area (Å²) in [5.41, 5.74) is 0. The number of rotatable bonds is 3. The first-order valence-corrected chi connectivity index (χ1v) is 5.21. The molecule has 1 aliphatic rings. The summed E-state index contributed by atoms with van der Waals surface area (Å²) in [6.07, 6.45) is 2.76. The third kappa shape index (κ3) is 2.21. The highest BCUT2D eigenvalue weighted by molar-refractivity contribution is 5.96. The van der Waals surface area contributed by atoms with Crippen molar-refractivity contribution in [3.05, 3.63) is 17.8 Å². The maximum Gasteiger partial charge on any atom is 0.324 e. The number of imide groups is 1. The minimum atomic E-state index is -0.382. The van der Waals surface area contributed by atoms with E-state index in [0.717, 1.165) is 12.2 Å². The second-order valence-corrected chi connectivity index (χ2v) is 3.60. The van der Waals surface area contributed by atoms with Crippen molar-refractivity contribution in [2.45, 2.75) is 26.3 Å². The second kappa shape index (κ2) is 4.34. The zero-order valence-electron chi connectivity index (χ0n) is 9.02. The van der Waals surface area contributed by atoms with Gasteiger partial charge in [0, 0.05) is 19.4 Å². The Bertz CT molecular complexity index is 413. The minimum absolute atomic E-state index is 0.233. The van der Waals surface area contributed by atoms with Crippen LogP contribution in [0.3, 0.4) is 0 Å². The van der Waals surface area contributed by atoms with Crippen LogP contribution < -0.4 is 5.32 Å². The zero-order valence-corrected chi connectivity index (χ0v) is 9.02. The second-order valence-electron chi connectivity index (χ2n) is 3.60. The van der Waals surface area contributed by atoms with Gasteiger partial charge in [-0.15, -0.1) is 0 Å². The van der Waals surface area contributed by atoms with Crippen LogP contribution >= 0.6 is 0 Å². The molecule has 0 bridgehead atoms. The summed E-state index contributed by atoms with van der Waals surface area (Å²) in [5.74, 6) is 1.06. The zero-order chi connectivity index (χ0) is 11.5. The van der Waals surface area contributed by atoms with Crippen LogP contribution in [-0.2, 0) is 17.8 Å². The predicted molar refractivity (Wildman–Crippen MR) is 54.4 cm³/mol. The highest BCUT2D eigenvalue weighted by atomic mass is 16.4. The largest absolute Gasteiger partial charge is 0.444 e. The number of aromatic nitrogens is 1. The van der Waals surface area contributed by atoms with Crippen molar-refractivity contribution in [3.8, 4) is 0 Å². The molecule has 0 aliphatic carbocycles. The fourth-order valence-electron chi connectivity index (χ4n) is 1.50. The Morgan fingerprint density at radius 3 is 3.00 bits per heavy atom. The number of hydrogen-bond acceptors (Lipinski definition) is 4. The maximum atomic E-state index is 11.4. The van der Waals surface area contributed by atoms with E-state index in [2.05, 4.69) is 10.3 Å². The molecule has 2 heterocycles. The number of amides is 3. The standard InChI is InChI=1S/C10H13N3O3/c1-2-7-5-11-9(16-7)6-13-4-3-8(14)12-10(13)15/h5H,2-4,6H2,1H3,(H,12,14,15). The fraction of sp³-hybridized carbons (Fsp3) is 0.500. The molecule has 0 spiro atoms. The van der Waals surface area contributed by atoms with E-state index < -0.39 is 0 Å². The number of urea groups is 1. The van der Waals surface area contributed by atoms with Gasteiger partial charge in [0.1, 0.15) is 5.76 Å². The summed E-state index contributed by atoms with van der Waals surface area (Å²) in [5, 5.41) is 2.25. The van der Waals surface area contributed by atoms with E-state index in [4.69, 9.17) is 4.42 Å². The van der Waals surface area contributed by atoms with Crippen molar-refractivity contribution in [3.63, 3.8) is 0 Å². The van der Waals surface area contributed by atoms with Gasteiger partial charge < -0.3 is 9.32 Å². The van der Waals surface area contributed by atoms with E-state index in [9.17, 15) is 9.59 Å². The number of carbonyl (C=O) groups is 2. The van der Waals surface area contributed by atoms with Gasteiger partial charge in [-0.1, -0.05) is 6.92 Å². The number of nitrogens with zero attached hydrogens (tertiary/aromatic N) is 2. The SMILES string of the molecule is CCc1cnc(CN2CCC(=O)NC2=O)o1. The van der Waals surface area contributed by atoms with Gasteiger partial charge in [0.2, 0.25) is 11.8 Å². The van der Waals surface area contributed by atoms with Crippen LogP contribution in [0.2, 0.25) is 0 Å². The Kier molecular flexibility index (Phi) is 2.89. The molecule has 1 aromatic rings. The third-order valence-corrected chi connectivity index (χ3v) is 2.42. The molecule has 1 aliphatic heterocycles. The molecule has 0 aromatic carbocycles. The van der Waals surface area contributed by atoms with Gasteiger partial charge in [0.25, 0.3) is 0 Å². The molecule has 0 unspecified atom stereocenters. The summed E-state index contributed by atoms with van der Waals surface area (Å²) in [6.45, 7) is 2.68. The molecule has 1 saturated heterocycles. The molecular formula is C10H13N3O3. The van der Waals surface area contributed by atoms with Gasteiger partial charge >= 0.3 is 6.03 Å². The van der Waals surface area contributed by atoms with Crippen LogP contribution in [0.4, 0.5) is 4.79 Å². The quantitative estimate of drug-likeness (QED) is 0.817. The van der Waals surface area contributed by atoms with Gasteiger partial charge in [0.05, 0.1) is 12.7 Å². The van der Waals surface area contributed by atoms with Crippen LogP contribution in [0.25, 0.3) is 0 Å². The lowest BCUT2D eigenvalue weighted by Gasteiger charge is -2.24. The molecule has 0 radical (unpaired) electrons. The van der Waals surface area contributed by atoms with Gasteiger partial charge in [-0.3, -0.25) is 10.1 Å². The molecule has 1 fully saturated rings. The Balaban J connectivity index is 1.99. The van der Waals surface area contributed by atoms with Crippen molar-refractivity contribution in [1.29, 1.82) is 0 Å². The van der Waals surface area contributed by atoms with E-state index >= 15 is 0 Å². The fourth-order valence-corrected chi connectivity index (χ4v) is 1.50. The van der Waals surface area contributed by atoms with Crippen LogP contribution in [-0.4, -0.2) is 28.4 Å². The molecule has 1 N–H and O–H groups in total. The molecule has 6 nitrogen and oxygen atoms in total. The van der Waals surface area contributed by atoms with Crippen molar-refractivity contribution in [2.24, 2.45) is 0 Å². The Hall–Kier alpha value is -1.85. The normalized spacial score (nSPS) is 16.4. The van der Waals surface area contributed by atoms with Crippen LogP contribution in [0.5, 0.6) is 0 Å². The van der Waals surface area contributed by atoms with Crippen LogP contribution in [0, 0.1) is 0 Å². The van der Waals surface area contributed by atoms with E-state index in [1.54, 1.807) is 6.20 Å². The van der Waals surface area contributed by atoms with E-state index in [1.165, 1.54) is 4.90 Å². The number of carbonyl (C=O) groups excluding carboxylic acids is 2. The Morgan fingerprint density at radius 2 is 2.38 bits per heavy atom. The number of oxazole rings is 1. The molecule has 86 valence electrons. The topological polar surface area (TPSA) is 75.4 Å². The van der Waals surface area contributed by atoms with Crippen molar-refractivity contribution >= 4 is 11.9 Å². The maximum absolute atomic E-state index is 11.4. The first-order valence-electron chi connectivity index (χ1n) is 5.21. The number of hydrogen-bond donors (Lipinski definition) is 1. The predicted octanol–water partition coefficient (Wildman–Crippen LogP) is 0.679. The Labute approximate surface area is 92.6 Å². The van der Waals surface area contributed by atoms with Crippen molar-refractivity contribution in [2.75, 3.05) is 6.54 Å². The third-order valence-electron chi connectivity index (χ3n) is 2.42. The molecule has 0 atom stereocenters. The minimum Gasteiger partial charge on any atom is -0.444 e. The van der Waals surface area contributed by atoms with E-state index in [-0.39, 0.29) is 11.9 Å². The molecule has 1 aromatic heterocycles. The highest BCUT2D eigenvalue weighted by Gasteiger charge is 2.24. The Morgan fingerprint density at radius 1 is 1.56 bits per heavy atom. The molecular weight excluding hydrogens is 210 g/mol. The molecule has 3 amide bonds. The monoisotopic (exact) mass is 223 g/mol. The summed E-state index contributed by atoms with van der Waals surface area (Å²) in [6, 6.07) is -0.382. The molecule has 2 rings (SSSR count). The van der Waals surface area contributed by atoms with Crippen LogP contribution in [0.1, 0.15) is 25.0 Å². The summed E-state index contributed by atoms with van der Waals surface area (Å²) in [7, 11) is 0.